The van der Waals surface area contributed by atoms with E-state index in [1.807, 2.05) is 54.6 Å². The summed E-state index contributed by atoms with van der Waals surface area (Å²) in [4.78, 5) is 0. The van der Waals surface area contributed by atoms with Crippen LogP contribution in [0, 0.1) is 0 Å². The number of hydrogen-bond acceptors (Lipinski definition) is 1. The Hall–Kier alpha value is -2.90. The quantitative estimate of drug-likeness (QED) is 0.523. The van der Waals surface area contributed by atoms with Gasteiger partial charge in [-0.2, -0.15) is 0 Å². The second kappa shape index (κ2) is 6.31. The van der Waals surface area contributed by atoms with Crippen LogP contribution in [0.5, 0.6) is 0 Å². The Labute approximate surface area is 141 Å². The van der Waals surface area contributed by atoms with Crippen molar-refractivity contribution in [1.82, 2.24) is 0 Å². The monoisotopic (exact) mass is 310 g/mol. The van der Waals surface area contributed by atoms with E-state index < -0.39 is 6.10 Å². The molecule has 0 unspecified atom stereocenters. The molecule has 4 rings (SSSR count). The summed E-state index contributed by atoms with van der Waals surface area (Å²) in [6.07, 6.45) is -0.624. The number of aliphatic hydroxyl groups excluding tert-OH is 1. The molecule has 0 aliphatic rings. The Morgan fingerprint density at radius 2 is 1.17 bits per heavy atom. The molecule has 1 atom stereocenters. The highest BCUT2D eigenvalue weighted by molar-refractivity contribution is 5.86. The zero-order valence-electron chi connectivity index (χ0n) is 13.3. The smallest absolute Gasteiger partial charge is 0.105 e. The molecule has 0 heterocycles. The van der Waals surface area contributed by atoms with Crippen LogP contribution < -0.4 is 0 Å². The Morgan fingerprint density at radius 3 is 1.96 bits per heavy atom. The lowest BCUT2D eigenvalue weighted by Crippen LogP contribution is -2.00. The SMILES string of the molecule is O[C@H](c1ccc(-c2ccccc2)cc1)c1cccc2ccccc12. The molecule has 0 spiro atoms. The van der Waals surface area contributed by atoms with E-state index in [0.717, 1.165) is 27.5 Å². The van der Waals surface area contributed by atoms with Gasteiger partial charge in [0.1, 0.15) is 6.10 Å². The van der Waals surface area contributed by atoms with E-state index in [4.69, 9.17) is 0 Å². The van der Waals surface area contributed by atoms with Crippen molar-refractivity contribution in [2.24, 2.45) is 0 Å². The molecule has 0 saturated carbocycles. The summed E-state index contributed by atoms with van der Waals surface area (Å²) in [5.74, 6) is 0. The van der Waals surface area contributed by atoms with Crippen molar-refractivity contribution in [2.75, 3.05) is 0 Å². The Balaban J connectivity index is 1.70. The van der Waals surface area contributed by atoms with Gasteiger partial charge in [0.25, 0.3) is 0 Å². The summed E-state index contributed by atoms with van der Waals surface area (Å²) in [6.45, 7) is 0. The molecule has 0 fully saturated rings. The maximum atomic E-state index is 10.9. The van der Waals surface area contributed by atoms with Crippen LogP contribution in [0.4, 0.5) is 0 Å². The summed E-state index contributed by atoms with van der Waals surface area (Å²) >= 11 is 0. The molecule has 0 aromatic heterocycles. The Morgan fingerprint density at radius 1 is 0.542 bits per heavy atom. The van der Waals surface area contributed by atoms with Crippen LogP contribution in [0.25, 0.3) is 21.9 Å². The van der Waals surface area contributed by atoms with Gasteiger partial charge in [-0.05, 0) is 33.0 Å². The van der Waals surface area contributed by atoms with E-state index in [1.165, 1.54) is 5.56 Å². The summed E-state index contributed by atoms with van der Waals surface area (Å²) in [6, 6.07) is 32.7. The summed E-state index contributed by atoms with van der Waals surface area (Å²) in [5.41, 5.74) is 4.19. The molecule has 4 aromatic rings. The van der Waals surface area contributed by atoms with Gasteiger partial charge in [0, 0.05) is 0 Å². The summed E-state index contributed by atoms with van der Waals surface area (Å²) in [7, 11) is 0. The minimum absolute atomic E-state index is 0.624. The van der Waals surface area contributed by atoms with Crippen LogP contribution in [0.15, 0.2) is 97.1 Å². The molecular weight excluding hydrogens is 292 g/mol. The summed E-state index contributed by atoms with van der Waals surface area (Å²) in [5, 5.41) is 13.1. The highest BCUT2D eigenvalue weighted by Crippen LogP contribution is 2.30. The number of benzene rings is 4. The molecule has 24 heavy (non-hydrogen) atoms. The van der Waals surface area contributed by atoms with Gasteiger partial charge >= 0.3 is 0 Å². The standard InChI is InChI=1S/C23H18O/c24-23(22-12-6-10-19-9-4-5-11-21(19)22)20-15-13-18(14-16-20)17-7-2-1-3-8-17/h1-16,23-24H/t23-/m1/s1. The minimum atomic E-state index is -0.624. The molecule has 1 heteroatoms. The highest BCUT2D eigenvalue weighted by Gasteiger charge is 2.13. The van der Waals surface area contributed by atoms with Crippen molar-refractivity contribution in [3.8, 4) is 11.1 Å². The number of fused-ring (bicyclic) bond motifs is 1. The van der Waals surface area contributed by atoms with Crippen molar-refractivity contribution in [3.63, 3.8) is 0 Å². The maximum absolute atomic E-state index is 10.9. The van der Waals surface area contributed by atoms with Crippen LogP contribution >= 0.6 is 0 Å². The highest BCUT2D eigenvalue weighted by atomic mass is 16.3. The molecule has 0 radical (unpaired) electrons. The van der Waals surface area contributed by atoms with Crippen molar-refractivity contribution in [1.29, 1.82) is 0 Å². The molecule has 0 amide bonds. The lowest BCUT2D eigenvalue weighted by molar-refractivity contribution is 0.222. The lowest BCUT2D eigenvalue weighted by atomic mass is 9.94. The zero-order chi connectivity index (χ0) is 16.4. The van der Waals surface area contributed by atoms with Crippen LogP contribution in [0.2, 0.25) is 0 Å². The molecule has 0 aliphatic heterocycles. The van der Waals surface area contributed by atoms with E-state index in [0.29, 0.717) is 0 Å². The number of rotatable bonds is 3. The zero-order valence-corrected chi connectivity index (χ0v) is 13.3. The molecule has 1 nitrogen and oxygen atoms in total. The van der Waals surface area contributed by atoms with Gasteiger partial charge in [0.2, 0.25) is 0 Å². The average Bonchev–Trinajstić information content (AvgIpc) is 2.68. The molecule has 0 bridgehead atoms. The normalized spacial score (nSPS) is 12.2. The predicted octanol–water partition coefficient (Wildman–Crippen LogP) is 5.59. The minimum Gasteiger partial charge on any atom is -0.384 e. The van der Waals surface area contributed by atoms with Crippen molar-refractivity contribution < 1.29 is 5.11 Å². The fraction of sp³-hybridized carbons (Fsp3) is 0.0435. The van der Waals surface area contributed by atoms with E-state index in [9.17, 15) is 5.11 Å². The lowest BCUT2D eigenvalue weighted by Gasteiger charge is -2.15. The third-order valence-corrected chi connectivity index (χ3v) is 4.45. The fourth-order valence-corrected chi connectivity index (χ4v) is 3.16. The first-order chi connectivity index (χ1) is 11.8. The second-order valence-corrected chi connectivity index (χ2v) is 5.96. The van der Waals surface area contributed by atoms with Crippen molar-refractivity contribution in [3.05, 3.63) is 108 Å². The van der Waals surface area contributed by atoms with Gasteiger partial charge in [-0.25, -0.2) is 0 Å². The van der Waals surface area contributed by atoms with E-state index in [1.54, 1.807) is 0 Å². The Bertz CT molecular complexity index is 951. The summed E-state index contributed by atoms with van der Waals surface area (Å²) < 4.78 is 0. The van der Waals surface area contributed by atoms with Crippen molar-refractivity contribution in [2.45, 2.75) is 6.10 Å². The maximum Gasteiger partial charge on any atom is 0.105 e. The largest absolute Gasteiger partial charge is 0.384 e. The van der Waals surface area contributed by atoms with E-state index in [2.05, 4.69) is 42.5 Å². The molecule has 1 N–H and O–H groups in total. The first kappa shape index (κ1) is 14.7. The van der Waals surface area contributed by atoms with Crippen LogP contribution in [0.3, 0.4) is 0 Å². The third-order valence-electron chi connectivity index (χ3n) is 4.45. The molecule has 0 saturated heterocycles. The first-order valence-electron chi connectivity index (χ1n) is 8.14. The predicted molar refractivity (Wildman–Crippen MR) is 99.9 cm³/mol. The number of hydrogen-bond donors (Lipinski definition) is 1. The van der Waals surface area contributed by atoms with Gasteiger partial charge < -0.3 is 5.11 Å². The van der Waals surface area contributed by atoms with Crippen LogP contribution in [-0.2, 0) is 0 Å². The van der Waals surface area contributed by atoms with Crippen LogP contribution in [-0.4, -0.2) is 5.11 Å². The van der Waals surface area contributed by atoms with E-state index >= 15 is 0 Å². The van der Waals surface area contributed by atoms with Gasteiger partial charge in [-0.3, -0.25) is 0 Å². The van der Waals surface area contributed by atoms with Gasteiger partial charge in [0.15, 0.2) is 0 Å². The number of aliphatic hydroxyl groups is 1. The topological polar surface area (TPSA) is 20.2 Å². The van der Waals surface area contributed by atoms with Gasteiger partial charge in [-0.15, -0.1) is 0 Å². The molecular formula is C23H18O. The second-order valence-electron chi connectivity index (χ2n) is 5.96. The first-order valence-corrected chi connectivity index (χ1v) is 8.14. The molecule has 4 aromatic carbocycles. The van der Waals surface area contributed by atoms with Crippen LogP contribution in [0.1, 0.15) is 17.2 Å². The van der Waals surface area contributed by atoms with E-state index in [-0.39, 0.29) is 0 Å². The van der Waals surface area contributed by atoms with Gasteiger partial charge in [-0.1, -0.05) is 97.1 Å². The molecule has 116 valence electrons. The fourth-order valence-electron chi connectivity index (χ4n) is 3.16. The van der Waals surface area contributed by atoms with Gasteiger partial charge in [0.05, 0.1) is 0 Å². The third kappa shape index (κ3) is 2.70. The average molecular weight is 310 g/mol. The molecule has 0 aliphatic carbocycles. The van der Waals surface area contributed by atoms with Crippen molar-refractivity contribution >= 4 is 10.8 Å². The Kier molecular flexibility index (Phi) is 3.86.